The summed E-state index contributed by atoms with van der Waals surface area (Å²) in [5.41, 5.74) is 1.20. The van der Waals surface area contributed by atoms with Crippen LogP contribution < -0.4 is 10.0 Å². The fourth-order valence-corrected chi connectivity index (χ4v) is 1.58. The molecular formula is C13H13OP. The van der Waals surface area contributed by atoms with Gasteiger partial charge in [0.1, 0.15) is 11.5 Å². The van der Waals surface area contributed by atoms with Gasteiger partial charge in [-0.3, -0.25) is 0 Å². The molecule has 0 saturated heterocycles. The second-order valence-electron chi connectivity index (χ2n) is 3.46. The Bertz CT molecular complexity index is 451. The Kier molecular flexibility index (Phi) is 3.03. The van der Waals surface area contributed by atoms with E-state index in [0.717, 1.165) is 16.8 Å². The van der Waals surface area contributed by atoms with Crippen LogP contribution in [0.5, 0.6) is 11.5 Å². The maximum atomic E-state index is 5.77. The molecule has 2 aromatic carbocycles. The number of aryl methyl sites for hydroxylation is 1. The molecule has 0 bridgehead atoms. The highest BCUT2D eigenvalue weighted by atomic mass is 31.0. The highest BCUT2D eigenvalue weighted by Gasteiger charge is 2.00. The van der Waals surface area contributed by atoms with E-state index in [2.05, 4.69) is 22.2 Å². The van der Waals surface area contributed by atoms with Gasteiger partial charge in [0.05, 0.1) is 0 Å². The SMILES string of the molecule is Cc1ccc(P)c(Oc2ccccc2)c1. The quantitative estimate of drug-likeness (QED) is 0.700. The molecule has 0 amide bonds. The number of para-hydroxylation sites is 1. The molecule has 1 nitrogen and oxygen atoms in total. The topological polar surface area (TPSA) is 9.23 Å². The predicted molar refractivity (Wildman–Crippen MR) is 67.0 cm³/mol. The van der Waals surface area contributed by atoms with Crippen LogP contribution in [-0.2, 0) is 0 Å². The lowest BCUT2D eigenvalue weighted by Crippen LogP contribution is -1.97. The van der Waals surface area contributed by atoms with Crippen molar-refractivity contribution in [1.82, 2.24) is 0 Å². The van der Waals surface area contributed by atoms with E-state index in [1.54, 1.807) is 0 Å². The molecule has 1 unspecified atom stereocenters. The highest BCUT2D eigenvalue weighted by molar-refractivity contribution is 7.27. The molecule has 1 atom stereocenters. The van der Waals surface area contributed by atoms with Gasteiger partial charge in [-0.25, -0.2) is 0 Å². The fourth-order valence-electron chi connectivity index (χ4n) is 1.35. The van der Waals surface area contributed by atoms with E-state index in [1.807, 2.05) is 42.5 Å². The number of benzene rings is 2. The molecule has 0 aliphatic carbocycles. The summed E-state index contributed by atoms with van der Waals surface area (Å²) in [6, 6.07) is 16.0. The lowest BCUT2D eigenvalue weighted by molar-refractivity contribution is 0.486. The smallest absolute Gasteiger partial charge is 0.134 e. The average molecular weight is 216 g/mol. The van der Waals surface area contributed by atoms with Crippen molar-refractivity contribution in [3.63, 3.8) is 0 Å². The van der Waals surface area contributed by atoms with Crippen molar-refractivity contribution in [3.05, 3.63) is 54.1 Å². The van der Waals surface area contributed by atoms with Crippen molar-refractivity contribution in [1.29, 1.82) is 0 Å². The first-order valence-corrected chi connectivity index (χ1v) is 5.42. The summed E-state index contributed by atoms with van der Waals surface area (Å²) in [5, 5.41) is 1.07. The van der Waals surface area contributed by atoms with Crippen LogP contribution in [0, 0.1) is 6.92 Å². The standard InChI is InChI=1S/C13H13OP/c1-10-7-8-13(15)12(9-10)14-11-5-3-2-4-6-11/h2-9H,15H2,1H3. The van der Waals surface area contributed by atoms with Crippen LogP contribution in [0.1, 0.15) is 5.56 Å². The molecule has 0 aliphatic rings. The van der Waals surface area contributed by atoms with Gasteiger partial charge in [0.25, 0.3) is 0 Å². The molecule has 2 heteroatoms. The Morgan fingerprint density at radius 3 is 2.47 bits per heavy atom. The molecule has 15 heavy (non-hydrogen) atoms. The zero-order valence-corrected chi connectivity index (χ0v) is 9.76. The van der Waals surface area contributed by atoms with Crippen LogP contribution in [-0.4, -0.2) is 0 Å². The lowest BCUT2D eigenvalue weighted by Gasteiger charge is -2.08. The van der Waals surface area contributed by atoms with E-state index < -0.39 is 0 Å². The maximum absolute atomic E-state index is 5.77. The van der Waals surface area contributed by atoms with Gasteiger partial charge in [0.2, 0.25) is 0 Å². The predicted octanol–water partition coefficient (Wildman–Crippen LogP) is 3.29. The summed E-state index contributed by atoms with van der Waals surface area (Å²) in [6.07, 6.45) is 0. The van der Waals surface area contributed by atoms with Crippen molar-refractivity contribution in [2.45, 2.75) is 6.92 Å². The minimum Gasteiger partial charge on any atom is -0.457 e. The zero-order chi connectivity index (χ0) is 10.7. The fraction of sp³-hybridized carbons (Fsp3) is 0.0769. The number of ether oxygens (including phenoxy) is 1. The Morgan fingerprint density at radius 2 is 1.73 bits per heavy atom. The Morgan fingerprint density at radius 1 is 1.00 bits per heavy atom. The van der Waals surface area contributed by atoms with Gasteiger partial charge in [-0.2, -0.15) is 0 Å². The molecule has 0 saturated carbocycles. The maximum Gasteiger partial charge on any atom is 0.134 e. The lowest BCUT2D eigenvalue weighted by atomic mass is 10.2. The van der Waals surface area contributed by atoms with Crippen molar-refractivity contribution in [3.8, 4) is 11.5 Å². The third-order valence-corrected chi connectivity index (χ3v) is 2.62. The van der Waals surface area contributed by atoms with Gasteiger partial charge in [-0.05, 0) is 30.7 Å². The molecule has 76 valence electrons. The number of hydrogen-bond donors (Lipinski definition) is 0. The molecule has 0 aromatic heterocycles. The number of hydrogen-bond acceptors (Lipinski definition) is 1. The van der Waals surface area contributed by atoms with E-state index in [9.17, 15) is 0 Å². The Labute approximate surface area is 92.3 Å². The average Bonchev–Trinajstić information content (AvgIpc) is 2.25. The van der Waals surface area contributed by atoms with Crippen LogP contribution in [0.3, 0.4) is 0 Å². The van der Waals surface area contributed by atoms with E-state index >= 15 is 0 Å². The summed E-state index contributed by atoms with van der Waals surface area (Å²) in [4.78, 5) is 0. The molecule has 0 spiro atoms. The van der Waals surface area contributed by atoms with Crippen molar-refractivity contribution < 1.29 is 4.74 Å². The highest BCUT2D eigenvalue weighted by Crippen LogP contribution is 2.21. The van der Waals surface area contributed by atoms with Crippen LogP contribution in [0.15, 0.2) is 48.5 Å². The van der Waals surface area contributed by atoms with Crippen LogP contribution in [0.25, 0.3) is 0 Å². The van der Waals surface area contributed by atoms with E-state index in [-0.39, 0.29) is 0 Å². The van der Waals surface area contributed by atoms with Gasteiger partial charge in [0.15, 0.2) is 0 Å². The van der Waals surface area contributed by atoms with Gasteiger partial charge >= 0.3 is 0 Å². The minimum atomic E-state index is 0.867. The first-order chi connectivity index (χ1) is 7.25. The summed E-state index contributed by atoms with van der Waals surface area (Å²) >= 11 is 0. The van der Waals surface area contributed by atoms with E-state index in [0.29, 0.717) is 0 Å². The first kappa shape index (κ1) is 10.2. The molecule has 0 fully saturated rings. The first-order valence-electron chi connectivity index (χ1n) is 4.85. The molecule has 0 radical (unpaired) electrons. The van der Waals surface area contributed by atoms with Gasteiger partial charge in [-0.15, -0.1) is 9.24 Å². The third kappa shape index (κ3) is 2.57. The van der Waals surface area contributed by atoms with E-state index in [1.165, 1.54) is 5.56 Å². The Balaban J connectivity index is 2.28. The Hall–Kier alpha value is -1.33. The molecule has 0 aliphatic heterocycles. The monoisotopic (exact) mass is 216 g/mol. The van der Waals surface area contributed by atoms with Crippen LogP contribution in [0.4, 0.5) is 0 Å². The molecular weight excluding hydrogens is 203 g/mol. The third-order valence-electron chi connectivity index (χ3n) is 2.14. The summed E-state index contributed by atoms with van der Waals surface area (Å²) in [5.74, 6) is 1.76. The molecule has 0 N–H and O–H groups in total. The zero-order valence-electron chi connectivity index (χ0n) is 8.60. The van der Waals surface area contributed by atoms with Crippen LogP contribution in [0.2, 0.25) is 0 Å². The summed E-state index contributed by atoms with van der Waals surface area (Å²) in [6.45, 7) is 2.06. The summed E-state index contributed by atoms with van der Waals surface area (Å²) in [7, 11) is 2.68. The summed E-state index contributed by atoms with van der Waals surface area (Å²) < 4.78 is 5.77. The largest absolute Gasteiger partial charge is 0.457 e. The number of rotatable bonds is 2. The van der Waals surface area contributed by atoms with Gasteiger partial charge < -0.3 is 4.74 Å². The van der Waals surface area contributed by atoms with Gasteiger partial charge in [0, 0.05) is 5.30 Å². The van der Waals surface area contributed by atoms with E-state index in [4.69, 9.17) is 4.74 Å². The van der Waals surface area contributed by atoms with Gasteiger partial charge in [-0.1, -0.05) is 30.3 Å². The van der Waals surface area contributed by atoms with Crippen molar-refractivity contribution >= 4 is 14.5 Å². The second-order valence-corrected chi connectivity index (χ2v) is 4.08. The normalized spacial score (nSPS) is 10.0. The van der Waals surface area contributed by atoms with Crippen molar-refractivity contribution in [2.24, 2.45) is 0 Å². The molecule has 2 rings (SSSR count). The second kappa shape index (κ2) is 4.46. The van der Waals surface area contributed by atoms with Crippen molar-refractivity contribution in [2.75, 3.05) is 0 Å². The minimum absolute atomic E-state index is 0.867. The molecule has 2 aromatic rings. The van der Waals surface area contributed by atoms with Crippen LogP contribution >= 0.6 is 9.24 Å². The molecule has 0 heterocycles.